The molecule has 0 aromatic carbocycles. The van der Waals surface area contributed by atoms with Gasteiger partial charge in [0.15, 0.2) is 0 Å². The van der Waals surface area contributed by atoms with E-state index in [-0.39, 0.29) is 0 Å². The molecular weight excluding hydrogens is 184 g/mol. The minimum absolute atomic E-state index is 1.14. The van der Waals surface area contributed by atoms with Gasteiger partial charge in [-0.3, -0.25) is 0 Å². The van der Waals surface area contributed by atoms with Crippen molar-refractivity contribution in [3.8, 4) is 0 Å². The van der Waals surface area contributed by atoms with Crippen LogP contribution in [0.25, 0.3) is 0 Å². The van der Waals surface area contributed by atoms with Gasteiger partial charge in [-0.05, 0) is 19.3 Å². The first-order valence-corrected chi connectivity index (χ1v) is 6.48. The van der Waals surface area contributed by atoms with Crippen molar-refractivity contribution in [2.45, 2.75) is 64.2 Å². The molecule has 84 valence electrons. The summed E-state index contributed by atoms with van der Waals surface area (Å²) in [7, 11) is 0. The average Bonchev–Trinajstić information content (AvgIpc) is 2.69. The maximum absolute atomic E-state index is 4.43. The molecule has 0 saturated carbocycles. The molecule has 0 saturated heterocycles. The number of fused-ring (bicyclic) bond motifs is 2. The molecule has 0 aliphatic carbocycles. The van der Waals surface area contributed by atoms with Gasteiger partial charge in [0.1, 0.15) is 5.82 Å². The minimum Gasteiger partial charge on any atom is -0.346 e. The third-order valence-electron chi connectivity index (χ3n) is 3.29. The standard InChI is InChI=1S/C13H22N2/c1-2-4-6-8-10-13-14-11-12(15-13)9-7-5-3-1/h11H,1-10H2,(H,14,15). The average molecular weight is 206 g/mol. The fourth-order valence-corrected chi connectivity index (χ4v) is 2.33. The smallest absolute Gasteiger partial charge is 0.106 e. The first-order valence-electron chi connectivity index (χ1n) is 6.48. The van der Waals surface area contributed by atoms with Gasteiger partial charge in [-0.2, -0.15) is 0 Å². The summed E-state index contributed by atoms with van der Waals surface area (Å²) >= 11 is 0. The van der Waals surface area contributed by atoms with Gasteiger partial charge in [-0.1, -0.05) is 38.5 Å². The predicted octanol–water partition coefficient (Wildman–Crippen LogP) is 3.63. The lowest BCUT2D eigenvalue weighted by Crippen LogP contribution is -1.89. The molecule has 2 heteroatoms. The van der Waals surface area contributed by atoms with E-state index in [2.05, 4.69) is 9.97 Å². The van der Waals surface area contributed by atoms with Gasteiger partial charge in [-0.15, -0.1) is 0 Å². The lowest BCUT2D eigenvalue weighted by Gasteiger charge is -2.00. The summed E-state index contributed by atoms with van der Waals surface area (Å²) < 4.78 is 0. The van der Waals surface area contributed by atoms with Crippen LogP contribution < -0.4 is 0 Å². The van der Waals surface area contributed by atoms with E-state index in [4.69, 9.17) is 0 Å². The normalized spacial score (nSPS) is 20.0. The summed E-state index contributed by atoms with van der Waals surface area (Å²) in [5, 5.41) is 0. The van der Waals surface area contributed by atoms with Gasteiger partial charge in [0.2, 0.25) is 0 Å². The summed E-state index contributed by atoms with van der Waals surface area (Å²) in [6.45, 7) is 0. The molecule has 0 radical (unpaired) electrons. The zero-order valence-corrected chi connectivity index (χ0v) is 9.60. The van der Waals surface area contributed by atoms with Crippen molar-refractivity contribution in [1.29, 1.82) is 0 Å². The van der Waals surface area contributed by atoms with Crippen molar-refractivity contribution >= 4 is 0 Å². The SMILES string of the molecule is c1nc2[nH]c1CCCCCCCCCC2. The fraction of sp³-hybridized carbons (Fsp3) is 0.769. The number of aryl methyl sites for hydroxylation is 2. The summed E-state index contributed by atoms with van der Waals surface area (Å²) in [6.07, 6.45) is 15.4. The second kappa shape index (κ2) is 5.94. The van der Waals surface area contributed by atoms with Gasteiger partial charge in [0.05, 0.1) is 0 Å². The molecule has 2 rings (SSSR count). The molecule has 1 aliphatic rings. The maximum Gasteiger partial charge on any atom is 0.106 e. The number of H-pyrrole nitrogens is 1. The number of hydrogen-bond donors (Lipinski definition) is 1. The van der Waals surface area contributed by atoms with E-state index >= 15 is 0 Å². The molecule has 2 nitrogen and oxygen atoms in total. The quantitative estimate of drug-likeness (QED) is 0.690. The Morgan fingerprint density at radius 1 is 0.800 bits per heavy atom. The third-order valence-corrected chi connectivity index (χ3v) is 3.29. The van der Waals surface area contributed by atoms with Crippen molar-refractivity contribution in [2.24, 2.45) is 0 Å². The van der Waals surface area contributed by atoms with Crippen LogP contribution in [0.5, 0.6) is 0 Å². The number of nitrogens with one attached hydrogen (secondary N) is 1. The van der Waals surface area contributed by atoms with Crippen molar-refractivity contribution < 1.29 is 0 Å². The van der Waals surface area contributed by atoms with Crippen LogP contribution in [0.4, 0.5) is 0 Å². The van der Waals surface area contributed by atoms with E-state index < -0.39 is 0 Å². The molecule has 2 bridgehead atoms. The van der Waals surface area contributed by atoms with Gasteiger partial charge in [0.25, 0.3) is 0 Å². The molecule has 1 aromatic rings. The van der Waals surface area contributed by atoms with E-state index in [1.54, 1.807) is 0 Å². The van der Waals surface area contributed by atoms with E-state index in [1.165, 1.54) is 69.3 Å². The number of aromatic nitrogens is 2. The molecule has 0 atom stereocenters. The Hall–Kier alpha value is -0.790. The number of hydrogen-bond acceptors (Lipinski definition) is 1. The molecule has 0 amide bonds. The van der Waals surface area contributed by atoms with Crippen LogP contribution in [-0.2, 0) is 12.8 Å². The monoisotopic (exact) mass is 206 g/mol. The summed E-state index contributed by atoms with van der Waals surface area (Å²) in [5.41, 5.74) is 1.34. The summed E-state index contributed by atoms with van der Waals surface area (Å²) in [6, 6.07) is 0. The zero-order chi connectivity index (χ0) is 10.3. The van der Waals surface area contributed by atoms with Crippen LogP contribution in [0.2, 0.25) is 0 Å². The van der Waals surface area contributed by atoms with Crippen molar-refractivity contribution in [2.75, 3.05) is 0 Å². The highest BCUT2D eigenvalue weighted by Crippen LogP contribution is 2.13. The Bertz CT molecular complexity index is 251. The van der Waals surface area contributed by atoms with Crippen LogP contribution in [0.1, 0.15) is 62.9 Å². The van der Waals surface area contributed by atoms with E-state index in [1.807, 2.05) is 6.20 Å². The Kier molecular flexibility index (Phi) is 4.24. The first kappa shape index (κ1) is 10.7. The predicted molar refractivity (Wildman–Crippen MR) is 62.9 cm³/mol. The molecule has 0 fully saturated rings. The van der Waals surface area contributed by atoms with E-state index in [0.29, 0.717) is 0 Å². The van der Waals surface area contributed by atoms with E-state index in [9.17, 15) is 0 Å². The Labute approximate surface area is 92.5 Å². The second-order valence-corrected chi connectivity index (χ2v) is 4.68. The lowest BCUT2D eigenvalue weighted by molar-refractivity contribution is 0.567. The van der Waals surface area contributed by atoms with Crippen LogP contribution in [0.3, 0.4) is 0 Å². The van der Waals surface area contributed by atoms with Crippen molar-refractivity contribution in [3.63, 3.8) is 0 Å². The van der Waals surface area contributed by atoms with Crippen molar-refractivity contribution in [3.05, 3.63) is 17.7 Å². The lowest BCUT2D eigenvalue weighted by atomic mass is 10.1. The van der Waals surface area contributed by atoms with Gasteiger partial charge < -0.3 is 4.98 Å². The highest BCUT2D eigenvalue weighted by atomic mass is 14.9. The van der Waals surface area contributed by atoms with Gasteiger partial charge >= 0.3 is 0 Å². The highest BCUT2D eigenvalue weighted by molar-refractivity contribution is 5.01. The van der Waals surface area contributed by atoms with Crippen LogP contribution in [0, 0.1) is 0 Å². The molecule has 2 heterocycles. The number of imidazole rings is 1. The molecule has 1 N–H and O–H groups in total. The van der Waals surface area contributed by atoms with Gasteiger partial charge in [-0.25, -0.2) is 4.98 Å². The van der Waals surface area contributed by atoms with Crippen LogP contribution in [0.15, 0.2) is 6.20 Å². The van der Waals surface area contributed by atoms with Gasteiger partial charge in [0, 0.05) is 18.3 Å². The maximum atomic E-state index is 4.43. The first-order chi connectivity index (χ1) is 7.45. The van der Waals surface area contributed by atoms with Crippen LogP contribution >= 0.6 is 0 Å². The van der Waals surface area contributed by atoms with E-state index in [0.717, 1.165) is 6.42 Å². The largest absolute Gasteiger partial charge is 0.346 e. The summed E-state index contributed by atoms with van der Waals surface area (Å²) in [4.78, 5) is 7.87. The topological polar surface area (TPSA) is 28.7 Å². The Morgan fingerprint density at radius 3 is 2.13 bits per heavy atom. The minimum atomic E-state index is 1.14. The number of aromatic amines is 1. The summed E-state index contributed by atoms with van der Waals surface area (Å²) in [5.74, 6) is 1.20. The molecule has 0 unspecified atom stereocenters. The molecular formula is C13H22N2. The highest BCUT2D eigenvalue weighted by Gasteiger charge is 2.02. The second-order valence-electron chi connectivity index (χ2n) is 4.68. The number of nitrogens with zero attached hydrogens (tertiary/aromatic N) is 1. The van der Waals surface area contributed by atoms with Crippen molar-refractivity contribution in [1.82, 2.24) is 9.97 Å². The number of rotatable bonds is 0. The zero-order valence-electron chi connectivity index (χ0n) is 9.60. The molecule has 0 spiro atoms. The fourth-order valence-electron chi connectivity index (χ4n) is 2.33. The third kappa shape index (κ3) is 3.69. The molecule has 1 aromatic heterocycles. The Balaban J connectivity index is 1.88. The molecule has 1 aliphatic heterocycles. The Morgan fingerprint density at radius 2 is 1.40 bits per heavy atom. The van der Waals surface area contributed by atoms with Crippen LogP contribution in [-0.4, -0.2) is 9.97 Å². The molecule has 15 heavy (non-hydrogen) atoms.